The van der Waals surface area contributed by atoms with Crippen LogP contribution in [0, 0.1) is 11.8 Å². The monoisotopic (exact) mass is 285 g/mol. The maximum Gasteiger partial charge on any atom is 0.157 e. The Morgan fingerprint density at radius 2 is 1.95 bits per heavy atom. The molecule has 1 heterocycles. The predicted molar refractivity (Wildman–Crippen MR) is 88.1 cm³/mol. The van der Waals surface area contributed by atoms with Crippen molar-refractivity contribution < 1.29 is 0 Å². The van der Waals surface area contributed by atoms with E-state index >= 15 is 0 Å². The molecule has 1 rings (SSSR count). The number of aliphatic imine (C=N–C) groups is 1. The molecule has 0 fully saturated rings. The van der Waals surface area contributed by atoms with Gasteiger partial charge in [-0.05, 0) is 38.8 Å². The second-order valence-electron chi connectivity index (χ2n) is 6.75. The molecule has 0 aromatic heterocycles. The summed E-state index contributed by atoms with van der Waals surface area (Å²) in [4.78, 5) is 6.93. The van der Waals surface area contributed by atoms with Crippen LogP contribution >= 0.6 is 11.8 Å². The SMILES string of the molecule is CC(C)CC(CN(C)C)NC1=NCC(CC(C)C)S1. The van der Waals surface area contributed by atoms with Gasteiger partial charge in [0.25, 0.3) is 0 Å². The van der Waals surface area contributed by atoms with Gasteiger partial charge in [-0.25, -0.2) is 0 Å². The fourth-order valence-electron chi connectivity index (χ4n) is 2.51. The third-order valence-electron chi connectivity index (χ3n) is 3.12. The summed E-state index contributed by atoms with van der Waals surface area (Å²) in [5.74, 6) is 1.48. The Labute approximate surface area is 123 Å². The van der Waals surface area contributed by atoms with Crippen LogP contribution < -0.4 is 5.32 Å². The zero-order chi connectivity index (χ0) is 14.4. The van der Waals surface area contributed by atoms with Gasteiger partial charge in [0.05, 0.1) is 6.54 Å². The van der Waals surface area contributed by atoms with Crippen molar-refractivity contribution >= 4 is 16.9 Å². The number of hydrogen-bond acceptors (Lipinski definition) is 4. The minimum atomic E-state index is 0.513. The van der Waals surface area contributed by atoms with Crippen LogP contribution in [0.15, 0.2) is 4.99 Å². The number of hydrogen-bond donors (Lipinski definition) is 1. The average molecular weight is 286 g/mol. The summed E-state index contributed by atoms with van der Waals surface area (Å²) >= 11 is 1.94. The molecule has 0 amide bonds. The predicted octanol–water partition coefficient (Wildman–Crippen LogP) is 3.07. The van der Waals surface area contributed by atoms with Crippen molar-refractivity contribution in [3.05, 3.63) is 0 Å². The molecule has 1 N–H and O–H groups in total. The number of amidine groups is 1. The molecule has 1 aliphatic rings. The summed E-state index contributed by atoms with van der Waals surface area (Å²) in [6.07, 6.45) is 2.47. The molecule has 2 atom stereocenters. The second kappa shape index (κ2) is 8.15. The second-order valence-corrected chi connectivity index (χ2v) is 8.04. The van der Waals surface area contributed by atoms with Crippen molar-refractivity contribution in [2.24, 2.45) is 16.8 Å². The summed E-state index contributed by atoms with van der Waals surface area (Å²) in [7, 11) is 4.28. The summed E-state index contributed by atoms with van der Waals surface area (Å²) in [6.45, 7) is 11.2. The molecular weight excluding hydrogens is 254 g/mol. The lowest BCUT2D eigenvalue weighted by atomic mass is 10.0. The lowest BCUT2D eigenvalue weighted by molar-refractivity contribution is 0.329. The van der Waals surface area contributed by atoms with E-state index in [1.807, 2.05) is 11.8 Å². The molecule has 0 aromatic rings. The Bertz CT molecular complexity index is 277. The zero-order valence-electron chi connectivity index (χ0n) is 13.4. The first-order chi connectivity index (χ1) is 8.86. The van der Waals surface area contributed by atoms with Crippen LogP contribution in [-0.4, -0.2) is 48.5 Å². The van der Waals surface area contributed by atoms with E-state index < -0.39 is 0 Å². The highest BCUT2D eigenvalue weighted by atomic mass is 32.2. The molecule has 0 aliphatic carbocycles. The highest BCUT2D eigenvalue weighted by Crippen LogP contribution is 2.26. The third kappa shape index (κ3) is 7.21. The number of rotatable bonds is 7. The van der Waals surface area contributed by atoms with Gasteiger partial charge in [-0.3, -0.25) is 4.99 Å². The van der Waals surface area contributed by atoms with Crippen molar-refractivity contribution in [3.8, 4) is 0 Å². The van der Waals surface area contributed by atoms with Crippen LogP contribution in [0.2, 0.25) is 0 Å². The molecule has 112 valence electrons. The van der Waals surface area contributed by atoms with Gasteiger partial charge in [-0.1, -0.05) is 39.5 Å². The van der Waals surface area contributed by atoms with Crippen molar-refractivity contribution in [1.29, 1.82) is 0 Å². The van der Waals surface area contributed by atoms with Gasteiger partial charge in [-0.15, -0.1) is 0 Å². The summed E-state index contributed by atoms with van der Waals surface area (Å²) in [5.41, 5.74) is 0. The van der Waals surface area contributed by atoms with Gasteiger partial charge in [0.1, 0.15) is 0 Å². The number of likely N-dealkylation sites (N-methyl/N-ethyl adjacent to an activating group) is 1. The fourth-order valence-corrected chi connectivity index (χ4v) is 3.84. The van der Waals surface area contributed by atoms with Crippen molar-refractivity contribution in [2.75, 3.05) is 27.2 Å². The van der Waals surface area contributed by atoms with E-state index in [2.05, 4.69) is 57.0 Å². The molecule has 0 spiro atoms. The molecule has 1 aliphatic heterocycles. The van der Waals surface area contributed by atoms with Gasteiger partial charge in [0.15, 0.2) is 5.17 Å². The van der Waals surface area contributed by atoms with Crippen LogP contribution in [0.25, 0.3) is 0 Å². The van der Waals surface area contributed by atoms with Gasteiger partial charge in [-0.2, -0.15) is 0 Å². The first kappa shape index (κ1) is 16.8. The minimum absolute atomic E-state index is 0.513. The van der Waals surface area contributed by atoms with Crippen LogP contribution in [-0.2, 0) is 0 Å². The number of thioether (sulfide) groups is 1. The van der Waals surface area contributed by atoms with Gasteiger partial charge in [0, 0.05) is 17.8 Å². The first-order valence-corrected chi connectivity index (χ1v) is 8.37. The molecule has 0 radical (unpaired) electrons. The summed E-state index contributed by atoms with van der Waals surface area (Å²) in [6, 6.07) is 0.513. The Morgan fingerprint density at radius 1 is 1.26 bits per heavy atom. The van der Waals surface area contributed by atoms with E-state index in [9.17, 15) is 0 Å². The van der Waals surface area contributed by atoms with Gasteiger partial charge < -0.3 is 10.2 Å². The molecule has 0 saturated heterocycles. The topological polar surface area (TPSA) is 27.6 Å². The Kier molecular flexibility index (Phi) is 7.22. The largest absolute Gasteiger partial charge is 0.361 e. The van der Waals surface area contributed by atoms with Crippen LogP contribution in [0.3, 0.4) is 0 Å². The average Bonchev–Trinajstić information content (AvgIpc) is 2.61. The summed E-state index contributed by atoms with van der Waals surface area (Å²) < 4.78 is 0. The number of nitrogens with zero attached hydrogens (tertiary/aromatic N) is 2. The van der Waals surface area contributed by atoms with E-state index in [1.54, 1.807) is 0 Å². The molecule has 0 aromatic carbocycles. The lowest BCUT2D eigenvalue weighted by Gasteiger charge is -2.24. The van der Waals surface area contributed by atoms with Crippen LogP contribution in [0.1, 0.15) is 40.5 Å². The maximum absolute atomic E-state index is 4.67. The molecule has 4 heteroatoms. The Hall–Kier alpha value is -0.220. The van der Waals surface area contributed by atoms with Crippen molar-refractivity contribution in [3.63, 3.8) is 0 Å². The third-order valence-corrected chi connectivity index (χ3v) is 4.27. The van der Waals surface area contributed by atoms with Crippen molar-refractivity contribution in [2.45, 2.75) is 51.8 Å². The normalized spacial score (nSPS) is 21.3. The van der Waals surface area contributed by atoms with E-state index in [0.29, 0.717) is 11.3 Å². The molecule has 2 unspecified atom stereocenters. The quantitative estimate of drug-likeness (QED) is 0.779. The zero-order valence-corrected chi connectivity index (χ0v) is 14.3. The van der Waals surface area contributed by atoms with Gasteiger partial charge in [0.2, 0.25) is 0 Å². The highest BCUT2D eigenvalue weighted by Gasteiger charge is 2.23. The molecule has 3 nitrogen and oxygen atoms in total. The first-order valence-electron chi connectivity index (χ1n) is 7.49. The fraction of sp³-hybridized carbons (Fsp3) is 0.933. The smallest absolute Gasteiger partial charge is 0.157 e. The Morgan fingerprint density at radius 3 is 2.47 bits per heavy atom. The number of nitrogens with one attached hydrogen (secondary N) is 1. The molecule has 19 heavy (non-hydrogen) atoms. The molecular formula is C15H31N3S. The van der Waals surface area contributed by atoms with Crippen LogP contribution in [0.4, 0.5) is 0 Å². The van der Waals surface area contributed by atoms with E-state index in [0.717, 1.165) is 30.1 Å². The molecule has 0 saturated carbocycles. The van der Waals surface area contributed by atoms with Crippen LogP contribution in [0.5, 0.6) is 0 Å². The molecule has 0 bridgehead atoms. The van der Waals surface area contributed by atoms with Crippen molar-refractivity contribution in [1.82, 2.24) is 10.2 Å². The summed E-state index contributed by atoms with van der Waals surface area (Å²) in [5, 5.41) is 5.50. The van der Waals surface area contributed by atoms with E-state index in [4.69, 9.17) is 0 Å². The van der Waals surface area contributed by atoms with E-state index in [1.165, 1.54) is 12.8 Å². The Balaban J connectivity index is 2.42. The maximum atomic E-state index is 4.67. The minimum Gasteiger partial charge on any atom is -0.361 e. The van der Waals surface area contributed by atoms with Gasteiger partial charge >= 0.3 is 0 Å². The van der Waals surface area contributed by atoms with E-state index in [-0.39, 0.29) is 0 Å². The highest BCUT2D eigenvalue weighted by molar-refractivity contribution is 8.14. The standard InChI is InChI=1S/C15H31N3S/c1-11(2)7-13(10-18(5)6)17-15-16-9-14(19-15)8-12(3)4/h11-14H,7-10H2,1-6H3,(H,16,17). The lowest BCUT2D eigenvalue weighted by Crippen LogP contribution is -2.41.